The first-order chi connectivity index (χ1) is 10.1. The molecular formula is C16H19BrN2O2. The summed E-state index contributed by atoms with van der Waals surface area (Å²) >= 11 is 3.58. The fourth-order valence-corrected chi connectivity index (χ4v) is 2.77. The normalized spacial score (nSPS) is 12.0. The summed E-state index contributed by atoms with van der Waals surface area (Å²) in [6.07, 6.45) is 0. The smallest absolute Gasteiger partial charge is 0.124 e. The number of halogens is 1. The van der Waals surface area contributed by atoms with Crippen molar-refractivity contribution in [2.75, 3.05) is 14.2 Å². The zero-order valence-electron chi connectivity index (χ0n) is 12.3. The van der Waals surface area contributed by atoms with E-state index in [1.54, 1.807) is 14.2 Å². The molecule has 0 spiro atoms. The Balaban J connectivity index is 2.57. The van der Waals surface area contributed by atoms with E-state index in [4.69, 9.17) is 15.3 Å². The molecule has 0 saturated heterocycles. The lowest BCUT2D eigenvalue weighted by atomic mass is 9.97. The molecule has 0 bridgehead atoms. The molecular weight excluding hydrogens is 332 g/mol. The van der Waals surface area contributed by atoms with Crippen molar-refractivity contribution in [1.29, 1.82) is 0 Å². The zero-order valence-corrected chi connectivity index (χ0v) is 13.9. The minimum atomic E-state index is -0.204. The van der Waals surface area contributed by atoms with Crippen LogP contribution in [0.2, 0.25) is 0 Å². The molecule has 0 aliphatic rings. The van der Waals surface area contributed by atoms with E-state index >= 15 is 0 Å². The number of hydrogen-bond donors (Lipinski definition) is 2. The second-order valence-electron chi connectivity index (χ2n) is 4.73. The molecule has 2 rings (SSSR count). The molecule has 0 radical (unpaired) electrons. The Bertz CT molecular complexity index is 632. The van der Waals surface area contributed by atoms with Crippen LogP contribution in [0.3, 0.4) is 0 Å². The van der Waals surface area contributed by atoms with Crippen LogP contribution in [0, 0.1) is 6.92 Å². The van der Waals surface area contributed by atoms with Crippen LogP contribution < -0.4 is 20.7 Å². The Hall–Kier alpha value is -1.56. The number of rotatable bonds is 5. The minimum absolute atomic E-state index is 0.204. The van der Waals surface area contributed by atoms with Crippen molar-refractivity contribution >= 4 is 15.9 Å². The Morgan fingerprint density at radius 2 is 1.81 bits per heavy atom. The van der Waals surface area contributed by atoms with Gasteiger partial charge in [0.15, 0.2) is 0 Å². The Labute approximate surface area is 133 Å². The zero-order chi connectivity index (χ0) is 15.4. The molecule has 0 aliphatic carbocycles. The van der Waals surface area contributed by atoms with Crippen molar-refractivity contribution in [1.82, 2.24) is 5.43 Å². The van der Waals surface area contributed by atoms with Gasteiger partial charge in [-0.1, -0.05) is 33.6 Å². The molecule has 0 saturated carbocycles. The Morgan fingerprint density at radius 3 is 2.43 bits per heavy atom. The number of hydrogen-bond acceptors (Lipinski definition) is 4. The molecule has 5 heteroatoms. The van der Waals surface area contributed by atoms with Gasteiger partial charge >= 0.3 is 0 Å². The summed E-state index contributed by atoms with van der Waals surface area (Å²) in [7, 11) is 3.28. The predicted molar refractivity (Wildman–Crippen MR) is 87.6 cm³/mol. The highest BCUT2D eigenvalue weighted by Crippen LogP contribution is 2.35. The molecule has 112 valence electrons. The van der Waals surface area contributed by atoms with Gasteiger partial charge in [-0.15, -0.1) is 0 Å². The van der Waals surface area contributed by atoms with Crippen LogP contribution in [0.4, 0.5) is 0 Å². The molecule has 2 aromatic carbocycles. The van der Waals surface area contributed by atoms with Crippen LogP contribution in [-0.4, -0.2) is 14.2 Å². The first-order valence-electron chi connectivity index (χ1n) is 6.54. The summed E-state index contributed by atoms with van der Waals surface area (Å²) in [5.74, 6) is 7.32. The van der Waals surface area contributed by atoms with E-state index in [2.05, 4.69) is 27.4 Å². The molecule has 0 aromatic heterocycles. The summed E-state index contributed by atoms with van der Waals surface area (Å²) in [5, 5.41) is 0. The highest BCUT2D eigenvalue weighted by atomic mass is 79.9. The maximum Gasteiger partial charge on any atom is 0.124 e. The third kappa shape index (κ3) is 3.37. The van der Waals surface area contributed by atoms with Gasteiger partial charge in [0.25, 0.3) is 0 Å². The second kappa shape index (κ2) is 6.93. The highest BCUT2D eigenvalue weighted by molar-refractivity contribution is 9.10. The molecule has 0 amide bonds. The van der Waals surface area contributed by atoms with E-state index < -0.39 is 0 Å². The van der Waals surface area contributed by atoms with Gasteiger partial charge in [-0.05, 0) is 36.8 Å². The largest absolute Gasteiger partial charge is 0.497 e. The van der Waals surface area contributed by atoms with Gasteiger partial charge in [-0.25, -0.2) is 5.43 Å². The van der Waals surface area contributed by atoms with Gasteiger partial charge < -0.3 is 9.47 Å². The van der Waals surface area contributed by atoms with Crippen LogP contribution in [0.5, 0.6) is 11.5 Å². The molecule has 4 nitrogen and oxygen atoms in total. The van der Waals surface area contributed by atoms with Gasteiger partial charge in [0, 0.05) is 10.0 Å². The van der Waals surface area contributed by atoms with E-state index in [9.17, 15) is 0 Å². The highest BCUT2D eigenvalue weighted by Gasteiger charge is 2.20. The second-order valence-corrected chi connectivity index (χ2v) is 5.59. The lowest BCUT2D eigenvalue weighted by Gasteiger charge is -2.22. The molecule has 0 fully saturated rings. The fraction of sp³-hybridized carbons (Fsp3) is 0.250. The molecule has 0 aliphatic heterocycles. The summed E-state index contributed by atoms with van der Waals surface area (Å²) < 4.78 is 11.7. The number of ether oxygens (including phenoxy) is 2. The lowest BCUT2D eigenvalue weighted by molar-refractivity contribution is 0.394. The van der Waals surface area contributed by atoms with Crippen molar-refractivity contribution in [3.63, 3.8) is 0 Å². The predicted octanol–water partition coefficient (Wildman–Crippen LogP) is 3.33. The van der Waals surface area contributed by atoms with E-state index in [0.29, 0.717) is 0 Å². The average molecular weight is 351 g/mol. The standard InChI is InChI=1S/C16H19BrN2O2/c1-10-4-6-14(17)12(8-10)16(19-18)13-9-11(20-2)5-7-15(13)21-3/h4-9,16,19H,18H2,1-3H3. The van der Waals surface area contributed by atoms with Gasteiger partial charge in [-0.3, -0.25) is 5.84 Å². The lowest BCUT2D eigenvalue weighted by Crippen LogP contribution is -2.29. The number of nitrogens with one attached hydrogen (secondary N) is 1. The fourth-order valence-electron chi connectivity index (χ4n) is 2.30. The number of benzene rings is 2. The van der Waals surface area contributed by atoms with E-state index in [1.165, 1.54) is 0 Å². The van der Waals surface area contributed by atoms with Crippen LogP contribution in [0.15, 0.2) is 40.9 Å². The Kier molecular flexibility index (Phi) is 5.22. The Morgan fingerprint density at radius 1 is 1.05 bits per heavy atom. The first kappa shape index (κ1) is 15.8. The van der Waals surface area contributed by atoms with E-state index in [0.717, 1.165) is 32.7 Å². The number of nitrogens with two attached hydrogens (primary N) is 1. The summed E-state index contributed by atoms with van der Waals surface area (Å²) in [6, 6.07) is 11.6. The van der Waals surface area contributed by atoms with Gasteiger partial charge in [0.05, 0.1) is 20.3 Å². The number of aryl methyl sites for hydroxylation is 1. The molecule has 1 atom stereocenters. The van der Waals surface area contributed by atoms with Crippen LogP contribution in [-0.2, 0) is 0 Å². The van der Waals surface area contributed by atoms with Crippen LogP contribution >= 0.6 is 15.9 Å². The average Bonchev–Trinajstić information content (AvgIpc) is 2.51. The van der Waals surface area contributed by atoms with Crippen molar-refractivity contribution in [2.45, 2.75) is 13.0 Å². The van der Waals surface area contributed by atoms with E-state index in [1.807, 2.05) is 37.3 Å². The SMILES string of the molecule is COc1ccc(OC)c(C(NN)c2cc(C)ccc2Br)c1. The van der Waals surface area contributed by atoms with Gasteiger partial charge in [0.1, 0.15) is 11.5 Å². The maximum atomic E-state index is 5.80. The van der Waals surface area contributed by atoms with Crippen LogP contribution in [0.25, 0.3) is 0 Å². The summed E-state index contributed by atoms with van der Waals surface area (Å²) in [5.41, 5.74) is 5.99. The molecule has 21 heavy (non-hydrogen) atoms. The quantitative estimate of drug-likeness (QED) is 0.641. The van der Waals surface area contributed by atoms with Crippen molar-refractivity contribution in [3.05, 3.63) is 57.6 Å². The van der Waals surface area contributed by atoms with Gasteiger partial charge in [-0.2, -0.15) is 0 Å². The molecule has 1 unspecified atom stereocenters. The summed E-state index contributed by atoms with van der Waals surface area (Å²) in [4.78, 5) is 0. The third-order valence-electron chi connectivity index (χ3n) is 3.38. The van der Waals surface area contributed by atoms with Crippen LogP contribution in [0.1, 0.15) is 22.7 Å². The summed E-state index contributed by atoms with van der Waals surface area (Å²) in [6.45, 7) is 2.05. The third-order valence-corrected chi connectivity index (χ3v) is 4.10. The molecule has 0 heterocycles. The van der Waals surface area contributed by atoms with Crippen molar-refractivity contribution in [2.24, 2.45) is 5.84 Å². The van der Waals surface area contributed by atoms with Gasteiger partial charge in [0.2, 0.25) is 0 Å². The number of methoxy groups -OCH3 is 2. The maximum absolute atomic E-state index is 5.80. The van der Waals surface area contributed by atoms with Crippen molar-refractivity contribution in [3.8, 4) is 11.5 Å². The van der Waals surface area contributed by atoms with Crippen molar-refractivity contribution < 1.29 is 9.47 Å². The monoisotopic (exact) mass is 350 g/mol. The number of hydrazine groups is 1. The first-order valence-corrected chi connectivity index (χ1v) is 7.34. The minimum Gasteiger partial charge on any atom is -0.497 e. The topological polar surface area (TPSA) is 56.5 Å². The van der Waals surface area contributed by atoms with E-state index in [-0.39, 0.29) is 6.04 Å². The molecule has 3 N–H and O–H groups in total. The molecule has 2 aromatic rings.